The van der Waals surface area contributed by atoms with Gasteiger partial charge >= 0.3 is 6.85 Å². The van der Waals surface area contributed by atoms with E-state index < -0.39 is 0 Å². The van der Waals surface area contributed by atoms with Crippen LogP contribution >= 0.6 is 22.7 Å². The van der Waals surface area contributed by atoms with Gasteiger partial charge in [0.1, 0.15) is 0 Å². The highest BCUT2D eigenvalue weighted by Gasteiger charge is 2.48. The molecule has 2 aromatic heterocycles. The second kappa shape index (κ2) is 14.7. The van der Waals surface area contributed by atoms with E-state index in [1.807, 2.05) is 22.7 Å². The van der Waals surface area contributed by atoms with Crippen molar-refractivity contribution in [2.45, 2.75) is 104 Å². The molecule has 0 bridgehead atoms. The summed E-state index contributed by atoms with van der Waals surface area (Å²) in [5, 5.41) is 5.29. The van der Waals surface area contributed by atoms with Crippen molar-refractivity contribution in [2.24, 2.45) is 0 Å². The van der Waals surface area contributed by atoms with E-state index >= 15 is 0 Å². The van der Waals surface area contributed by atoms with E-state index in [4.69, 9.17) is 0 Å². The first-order chi connectivity index (χ1) is 33.0. The standard InChI is InChI=1S/C64H59BN2S2/c1-61(2,3)39-24-27-41(28-25-39)67-52-36-49-48(63(7,8)30-31-64(49,9)10)33-47(52)58-59-54(35-46-43-21-15-17-23-56(43)69-60(46)58)66(51-29-26-40(62(4,5)6)32-44(51)38-18-12-11-13-19-38)53-34-45-42-20-14-16-22-55(42)68-57(45)37-50(53)65(59)67/h11-29,32-37H,30-31H2,1-10H3. The number of benzene rings is 8. The van der Waals surface area contributed by atoms with Crippen molar-refractivity contribution in [1.29, 1.82) is 0 Å². The molecule has 340 valence electrons. The zero-order valence-corrected chi connectivity index (χ0v) is 43.3. The largest absolute Gasteiger partial charge is 0.376 e. The first-order valence-corrected chi connectivity index (χ1v) is 26.6. The summed E-state index contributed by atoms with van der Waals surface area (Å²) in [7, 11) is 0. The van der Waals surface area contributed by atoms with Crippen LogP contribution in [0.1, 0.15) is 104 Å². The van der Waals surface area contributed by atoms with Gasteiger partial charge in [-0.3, -0.25) is 0 Å². The topological polar surface area (TPSA) is 6.48 Å². The highest BCUT2D eigenvalue weighted by molar-refractivity contribution is 7.27. The van der Waals surface area contributed by atoms with Crippen molar-refractivity contribution in [3.8, 4) is 22.3 Å². The van der Waals surface area contributed by atoms with Crippen LogP contribution in [0.5, 0.6) is 0 Å². The van der Waals surface area contributed by atoms with E-state index in [9.17, 15) is 0 Å². The summed E-state index contributed by atoms with van der Waals surface area (Å²) in [6.45, 7) is 23.8. The van der Waals surface area contributed by atoms with E-state index in [0.717, 1.165) is 12.8 Å². The third-order valence-corrected chi connectivity index (χ3v) is 18.6. The molecule has 4 heterocycles. The van der Waals surface area contributed by atoms with Crippen molar-refractivity contribution in [1.82, 2.24) is 0 Å². The number of anilines is 5. The van der Waals surface area contributed by atoms with Gasteiger partial charge in [-0.15, -0.1) is 22.7 Å². The molecule has 0 saturated heterocycles. The van der Waals surface area contributed by atoms with Crippen molar-refractivity contribution < 1.29 is 0 Å². The molecule has 0 amide bonds. The Bertz CT molecular complexity index is 3760. The highest BCUT2D eigenvalue weighted by Crippen LogP contribution is 2.57. The molecule has 0 spiro atoms. The molecular formula is C64H59BN2S2. The second-order valence-electron chi connectivity index (χ2n) is 23.6. The number of nitrogens with zero attached hydrogens (tertiary/aromatic N) is 2. The Morgan fingerprint density at radius 1 is 0.478 bits per heavy atom. The van der Waals surface area contributed by atoms with Gasteiger partial charge in [0.2, 0.25) is 0 Å². The molecule has 5 heteroatoms. The van der Waals surface area contributed by atoms with Crippen molar-refractivity contribution in [3.05, 3.63) is 174 Å². The minimum absolute atomic E-state index is 0.0310. The van der Waals surface area contributed by atoms with Crippen LogP contribution in [0.15, 0.2) is 152 Å². The second-order valence-corrected chi connectivity index (χ2v) is 25.7. The Balaban J connectivity index is 1.23. The van der Waals surface area contributed by atoms with Gasteiger partial charge < -0.3 is 9.71 Å². The zero-order valence-electron chi connectivity index (χ0n) is 41.6. The molecule has 0 saturated carbocycles. The SMILES string of the molecule is CC(C)(C)c1ccc(N2B3c4cc5sc6ccccc6c5cc4N(c4ccc(C(C)(C)C)cc4-c4ccccc4)c4cc5c(sc6ccccc65)c(c43)-c3cc4c(cc32)C(C)(C)CCC4(C)C)cc1. The summed E-state index contributed by atoms with van der Waals surface area (Å²) in [6, 6.07) is 59.2. The van der Waals surface area contributed by atoms with Gasteiger partial charge in [-0.05, 0) is 140 Å². The molecule has 2 aliphatic heterocycles. The maximum atomic E-state index is 2.76. The number of rotatable bonds is 3. The summed E-state index contributed by atoms with van der Waals surface area (Å²) < 4.78 is 5.37. The number of thiophene rings is 2. The molecule has 10 aromatic rings. The lowest BCUT2D eigenvalue weighted by Crippen LogP contribution is -2.61. The van der Waals surface area contributed by atoms with Gasteiger partial charge in [-0.1, -0.05) is 154 Å². The van der Waals surface area contributed by atoms with E-state index in [0.29, 0.717) is 0 Å². The monoisotopic (exact) mass is 930 g/mol. The molecule has 0 radical (unpaired) electrons. The van der Waals surface area contributed by atoms with Crippen LogP contribution in [0.2, 0.25) is 0 Å². The number of hydrogen-bond donors (Lipinski definition) is 0. The lowest BCUT2D eigenvalue weighted by molar-refractivity contribution is 0.332. The molecule has 13 rings (SSSR count). The molecule has 0 unspecified atom stereocenters. The third kappa shape index (κ3) is 6.42. The smallest absolute Gasteiger partial charge is 0.333 e. The fourth-order valence-electron chi connectivity index (χ4n) is 12.2. The van der Waals surface area contributed by atoms with Gasteiger partial charge in [-0.2, -0.15) is 0 Å². The molecule has 8 aromatic carbocycles. The highest BCUT2D eigenvalue weighted by atomic mass is 32.1. The Hall–Kier alpha value is -6.14. The van der Waals surface area contributed by atoms with Crippen LogP contribution in [-0.4, -0.2) is 6.85 Å². The predicted molar refractivity (Wildman–Crippen MR) is 304 cm³/mol. The van der Waals surface area contributed by atoms with Crippen LogP contribution in [0.4, 0.5) is 28.4 Å². The molecule has 2 nitrogen and oxygen atoms in total. The number of fused-ring (bicyclic) bond motifs is 12. The van der Waals surface area contributed by atoms with E-state index in [1.54, 1.807) is 0 Å². The molecule has 3 aliphatic rings. The summed E-state index contributed by atoms with van der Waals surface area (Å²) in [6.07, 6.45) is 2.33. The van der Waals surface area contributed by atoms with Gasteiger partial charge in [0, 0.05) is 79.8 Å². The number of hydrogen-bond acceptors (Lipinski definition) is 4. The van der Waals surface area contributed by atoms with E-state index in [1.165, 1.54) is 124 Å². The van der Waals surface area contributed by atoms with Gasteiger partial charge in [0.15, 0.2) is 0 Å². The fraction of sp³-hybridized carbons (Fsp3) is 0.250. The van der Waals surface area contributed by atoms with Crippen LogP contribution in [0.25, 0.3) is 62.6 Å². The van der Waals surface area contributed by atoms with Crippen molar-refractivity contribution >= 4 is 109 Å². The Labute approximate surface area is 416 Å². The third-order valence-electron chi connectivity index (χ3n) is 16.2. The molecule has 1 aliphatic carbocycles. The van der Waals surface area contributed by atoms with E-state index in [-0.39, 0.29) is 28.5 Å². The summed E-state index contributed by atoms with van der Waals surface area (Å²) >= 11 is 3.91. The normalized spacial score (nSPS) is 16.0. The van der Waals surface area contributed by atoms with Gasteiger partial charge in [-0.25, -0.2) is 0 Å². The minimum Gasteiger partial charge on any atom is -0.376 e. The van der Waals surface area contributed by atoms with Gasteiger partial charge in [0.25, 0.3) is 0 Å². The Morgan fingerprint density at radius 3 is 1.75 bits per heavy atom. The van der Waals surface area contributed by atoms with Crippen LogP contribution in [0.3, 0.4) is 0 Å². The maximum absolute atomic E-state index is 2.76. The summed E-state index contributed by atoms with van der Waals surface area (Å²) in [5.74, 6) is 0. The zero-order chi connectivity index (χ0) is 47.5. The van der Waals surface area contributed by atoms with Crippen LogP contribution in [-0.2, 0) is 21.7 Å². The Morgan fingerprint density at radius 2 is 1.07 bits per heavy atom. The quantitative estimate of drug-likeness (QED) is 0.163. The first-order valence-electron chi connectivity index (χ1n) is 25.0. The molecule has 0 fully saturated rings. The average molecular weight is 931 g/mol. The average Bonchev–Trinajstić information content (AvgIpc) is 3.89. The van der Waals surface area contributed by atoms with Gasteiger partial charge in [0.05, 0.1) is 5.69 Å². The minimum atomic E-state index is -0.106. The lowest BCUT2D eigenvalue weighted by atomic mass is 9.43. The van der Waals surface area contributed by atoms with Crippen molar-refractivity contribution in [2.75, 3.05) is 9.71 Å². The summed E-state index contributed by atoms with van der Waals surface area (Å²) in [5.41, 5.74) is 19.9. The fourth-order valence-corrected chi connectivity index (χ4v) is 14.6. The molecule has 0 N–H and O–H groups in total. The van der Waals surface area contributed by atoms with Crippen LogP contribution in [0, 0.1) is 0 Å². The molecule has 0 atom stereocenters. The molecular weight excluding hydrogens is 872 g/mol. The predicted octanol–water partition coefficient (Wildman–Crippen LogP) is 17.7. The first kappa shape index (κ1) is 42.9. The lowest BCUT2D eigenvalue weighted by Gasteiger charge is -2.48. The van der Waals surface area contributed by atoms with Crippen molar-refractivity contribution in [3.63, 3.8) is 0 Å². The molecule has 69 heavy (non-hydrogen) atoms. The maximum Gasteiger partial charge on any atom is 0.333 e. The van der Waals surface area contributed by atoms with Crippen LogP contribution < -0.4 is 20.6 Å². The van der Waals surface area contributed by atoms with E-state index in [2.05, 4.69) is 231 Å². The Kier molecular flexibility index (Phi) is 9.15. The summed E-state index contributed by atoms with van der Waals surface area (Å²) in [4.78, 5) is 5.45.